The van der Waals surface area contributed by atoms with Gasteiger partial charge in [0.1, 0.15) is 24.5 Å². The number of piperidine rings is 1. The van der Waals surface area contributed by atoms with E-state index in [1.165, 1.54) is 0 Å². The van der Waals surface area contributed by atoms with E-state index >= 15 is 0 Å². The van der Waals surface area contributed by atoms with Crippen LogP contribution in [0.15, 0.2) is 91.3 Å². The number of rotatable bonds is 5. The molecule has 0 bridgehead atoms. The van der Waals surface area contributed by atoms with Gasteiger partial charge in [-0.25, -0.2) is 19.3 Å². The predicted octanol–water partition coefficient (Wildman–Crippen LogP) is 5.54. The molecule has 0 unspecified atom stereocenters. The smallest absolute Gasteiger partial charge is 0.420 e. The second-order valence-electron chi connectivity index (χ2n) is 9.01. The van der Waals surface area contributed by atoms with E-state index in [4.69, 9.17) is 9.72 Å². The van der Waals surface area contributed by atoms with Crippen LogP contribution in [0, 0.1) is 0 Å². The molecular weight excluding hydrogens is 450 g/mol. The van der Waals surface area contributed by atoms with Crippen molar-refractivity contribution in [1.82, 2.24) is 24.4 Å². The minimum atomic E-state index is -0.422. The summed E-state index contributed by atoms with van der Waals surface area (Å²) >= 11 is 0. The van der Waals surface area contributed by atoms with Gasteiger partial charge in [-0.2, -0.15) is 0 Å². The van der Waals surface area contributed by atoms with E-state index in [9.17, 15) is 4.79 Å². The van der Waals surface area contributed by atoms with Gasteiger partial charge in [0.05, 0.1) is 11.0 Å². The fourth-order valence-corrected chi connectivity index (χ4v) is 4.90. The second kappa shape index (κ2) is 9.79. The third-order valence-corrected chi connectivity index (χ3v) is 6.71. The summed E-state index contributed by atoms with van der Waals surface area (Å²) in [5.74, 6) is 1.56. The summed E-state index contributed by atoms with van der Waals surface area (Å²) in [4.78, 5) is 23.5. The van der Waals surface area contributed by atoms with Crippen LogP contribution in [-0.2, 0) is 11.3 Å². The summed E-state index contributed by atoms with van der Waals surface area (Å²) in [5.41, 5.74) is 4.37. The molecule has 3 heterocycles. The molecule has 7 nitrogen and oxygen atoms in total. The fourth-order valence-electron chi connectivity index (χ4n) is 4.90. The molecule has 0 spiro atoms. The quantitative estimate of drug-likeness (QED) is 0.360. The maximum atomic E-state index is 13.8. The molecule has 1 saturated heterocycles. The first-order chi connectivity index (χ1) is 17.8. The number of carbonyl (C=O) groups excluding carboxylic acids is 1. The second-order valence-corrected chi connectivity index (χ2v) is 9.01. The number of nitrogens with one attached hydrogen (secondary N) is 1. The van der Waals surface area contributed by atoms with Crippen molar-refractivity contribution < 1.29 is 9.53 Å². The van der Waals surface area contributed by atoms with Crippen LogP contribution in [0.4, 0.5) is 4.79 Å². The molecule has 0 atom stereocenters. The monoisotopic (exact) mass is 477 g/mol. The number of carbonyl (C=O) groups is 1. The lowest BCUT2D eigenvalue weighted by Gasteiger charge is -2.23. The van der Waals surface area contributed by atoms with Gasteiger partial charge in [-0.15, -0.1) is 0 Å². The summed E-state index contributed by atoms with van der Waals surface area (Å²) in [6, 6.07) is 27.6. The summed E-state index contributed by atoms with van der Waals surface area (Å²) in [6.07, 6.45) is 3.17. The zero-order valence-electron chi connectivity index (χ0n) is 19.9. The first-order valence-electron chi connectivity index (χ1n) is 12.3. The molecule has 36 heavy (non-hydrogen) atoms. The molecule has 7 heteroatoms. The van der Waals surface area contributed by atoms with Crippen molar-refractivity contribution in [3.63, 3.8) is 0 Å². The van der Waals surface area contributed by atoms with E-state index < -0.39 is 6.09 Å². The number of ether oxygens (including phenoxy) is 1. The lowest BCUT2D eigenvalue weighted by atomic mass is 9.97. The van der Waals surface area contributed by atoms with Gasteiger partial charge in [0, 0.05) is 11.5 Å². The van der Waals surface area contributed by atoms with Crippen molar-refractivity contribution in [1.29, 1.82) is 0 Å². The highest BCUT2D eigenvalue weighted by Crippen LogP contribution is 2.35. The van der Waals surface area contributed by atoms with E-state index in [1.54, 1.807) is 10.9 Å². The van der Waals surface area contributed by atoms with Crippen molar-refractivity contribution in [2.75, 3.05) is 13.1 Å². The Bertz CT molecular complexity index is 1480. The molecule has 1 fully saturated rings. The standard InChI is InChI=1S/C29H27N5O2/c35-29(36-19-21-9-3-1-4-10-21)34-26(22-11-5-2-6-12-22)28(32-27(34)23-15-17-30-18-16-23)33-20-31-24-13-7-8-14-25(24)33/h1-14,20,23,30H,15-19H2. The first-order valence-corrected chi connectivity index (χ1v) is 12.3. The Hall–Kier alpha value is -4.23. The average Bonchev–Trinajstić information content (AvgIpc) is 3.55. The Labute approximate surface area is 209 Å². The molecule has 0 radical (unpaired) electrons. The van der Waals surface area contributed by atoms with Crippen molar-refractivity contribution in [3.05, 3.63) is 103 Å². The molecule has 2 aromatic heterocycles. The van der Waals surface area contributed by atoms with Gasteiger partial charge >= 0.3 is 6.09 Å². The lowest BCUT2D eigenvalue weighted by Crippen LogP contribution is -2.29. The van der Waals surface area contributed by atoms with E-state index in [0.717, 1.165) is 53.9 Å². The minimum absolute atomic E-state index is 0.140. The maximum Gasteiger partial charge on any atom is 0.420 e. The van der Waals surface area contributed by atoms with E-state index in [1.807, 2.05) is 89.5 Å². The maximum absolute atomic E-state index is 13.8. The normalized spacial score (nSPS) is 14.2. The Balaban J connectivity index is 1.53. The van der Waals surface area contributed by atoms with Gasteiger partial charge in [0.2, 0.25) is 0 Å². The predicted molar refractivity (Wildman–Crippen MR) is 139 cm³/mol. The number of hydrogen-bond donors (Lipinski definition) is 1. The first kappa shape index (κ1) is 22.2. The highest BCUT2D eigenvalue weighted by molar-refractivity contribution is 5.85. The summed E-state index contributed by atoms with van der Waals surface area (Å²) in [7, 11) is 0. The highest BCUT2D eigenvalue weighted by atomic mass is 16.5. The van der Waals surface area contributed by atoms with Gasteiger partial charge < -0.3 is 10.1 Å². The van der Waals surface area contributed by atoms with Crippen molar-refractivity contribution >= 4 is 17.1 Å². The van der Waals surface area contributed by atoms with Crippen molar-refractivity contribution in [2.45, 2.75) is 25.4 Å². The number of hydrogen-bond acceptors (Lipinski definition) is 5. The van der Waals surface area contributed by atoms with Gasteiger partial charge in [-0.3, -0.25) is 4.57 Å². The van der Waals surface area contributed by atoms with Gasteiger partial charge in [0.15, 0.2) is 5.82 Å². The lowest BCUT2D eigenvalue weighted by molar-refractivity contribution is 0.140. The molecule has 1 aliphatic heterocycles. The van der Waals surface area contributed by atoms with Crippen LogP contribution < -0.4 is 5.32 Å². The Morgan fingerprint density at radius 3 is 2.39 bits per heavy atom. The molecule has 0 aliphatic carbocycles. The Morgan fingerprint density at radius 1 is 0.917 bits per heavy atom. The zero-order chi connectivity index (χ0) is 24.3. The van der Waals surface area contributed by atoms with Crippen LogP contribution in [0.1, 0.15) is 30.1 Å². The fraction of sp³-hybridized carbons (Fsp3) is 0.207. The third-order valence-electron chi connectivity index (χ3n) is 6.71. The topological polar surface area (TPSA) is 74.0 Å². The van der Waals surface area contributed by atoms with Gasteiger partial charge in [-0.05, 0) is 43.6 Å². The summed E-state index contributed by atoms with van der Waals surface area (Å²) in [6.45, 7) is 1.97. The third kappa shape index (κ3) is 4.18. The van der Waals surface area contributed by atoms with Crippen molar-refractivity contribution in [2.24, 2.45) is 0 Å². The number of para-hydroxylation sites is 2. The SMILES string of the molecule is O=C(OCc1ccccc1)n1c(C2CCNCC2)nc(-n2cnc3ccccc32)c1-c1ccccc1. The Morgan fingerprint density at radius 2 is 1.61 bits per heavy atom. The number of aromatic nitrogens is 4. The molecule has 6 rings (SSSR count). The highest BCUT2D eigenvalue weighted by Gasteiger charge is 2.31. The van der Waals surface area contributed by atoms with Crippen LogP contribution >= 0.6 is 0 Å². The molecular formula is C29H27N5O2. The Kier molecular flexibility index (Phi) is 6.05. The number of fused-ring (bicyclic) bond motifs is 1. The molecule has 5 aromatic rings. The van der Waals surface area contributed by atoms with Gasteiger partial charge in [0.25, 0.3) is 0 Å². The van der Waals surface area contributed by atoms with E-state index in [0.29, 0.717) is 11.5 Å². The van der Waals surface area contributed by atoms with Gasteiger partial charge in [-0.1, -0.05) is 72.8 Å². The largest absolute Gasteiger partial charge is 0.444 e. The number of benzene rings is 3. The minimum Gasteiger partial charge on any atom is -0.444 e. The van der Waals surface area contributed by atoms with Crippen LogP contribution in [0.5, 0.6) is 0 Å². The van der Waals surface area contributed by atoms with Crippen LogP contribution in [0.3, 0.4) is 0 Å². The van der Waals surface area contributed by atoms with Crippen LogP contribution in [0.25, 0.3) is 28.1 Å². The number of imidazole rings is 2. The average molecular weight is 478 g/mol. The molecule has 0 amide bonds. The van der Waals surface area contributed by atoms with Crippen molar-refractivity contribution in [3.8, 4) is 17.1 Å². The van der Waals surface area contributed by atoms with Crippen LogP contribution in [0.2, 0.25) is 0 Å². The van der Waals surface area contributed by atoms with E-state index in [2.05, 4.69) is 10.3 Å². The molecule has 1 N–H and O–H groups in total. The molecule has 3 aromatic carbocycles. The van der Waals surface area contributed by atoms with Crippen LogP contribution in [-0.4, -0.2) is 38.3 Å². The zero-order valence-corrected chi connectivity index (χ0v) is 19.9. The van der Waals surface area contributed by atoms with E-state index in [-0.39, 0.29) is 12.5 Å². The molecule has 0 saturated carbocycles. The summed E-state index contributed by atoms with van der Waals surface area (Å²) < 4.78 is 9.54. The molecule has 1 aliphatic rings. The molecule has 180 valence electrons. The summed E-state index contributed by atoms with van der Waals surface area (Å²) in [5, 5.41) is 3.42. The number of nitrogens with zero attached hydrogens (tertiary/aromatic N) is 4.